The zero-order chi connectivity index (χ0) is 15.4. The van der Waals surface area contributed by atoms with Gasteiger partial charge < -0.3 is 25.3 Å². The molecule has 0 bridgehead atoms. The molecule has 1 amide bonds. The minimum atomic E-state index is -0.262. The van der Waals surface area contributed by atoms with Crippen molar-refractivity contribution in [3.63, 3.8) is 0 Å². The minimum Gasteiger partial charge on any atom is -0.496 e. The zero-order valence-corrected chi connectivity index (χ0v) is 12.7. The first kappa shape index (κ1) is 15.0. The topological polar surface area (TPSA) is 82.8 Å². The first-order chi connectivity index (χ1) is 10.1. The van der Waals surface area contributed by atoms with E-state index in [-0.39, 0.29) is 5.91 Å². The average Bonchev–Trinajstić information content (AvgIpc) is 2.97. The van der Waals surface area contributed by atoms with Crippen molar-refractivity contribution in [2.24, 2.45) is 0 Å². The smallest absolute Gasteiger partial charge is 0.265 e. The van der Waals surface area contributed by atoms with Crippen LogP contribution in [-0.4, -0.2) is 27.2 Å². The largest absolute Gasteiger partial charge is 0.496 e. The van der Waals surface area contributed by atoms with Gasteiger partial charge in [0.25, 0.3) is 5.91 Å². The second kappa shape index (κ2) is 6.36. The molecule has 7 heteroatoms. The Bertz CT molecular complexity index is 654. The summed E-state index contributed by atoms with van der Waals surface area (Å²) in [6, 6.07) is 4.89. The molecule has 0 aliphatic rings. The number of rotatable bonds is 5. The van der Waals surface area contributed by atoms with E-state index in [0.717, 1.165) is 0 Å². The number of hydrogen-bond acceptors (Lipinski definition) is 6. The number of hydrogen-bond donors (Lipinski definition) is 2. The van der Waals surface area contributed by atoms with E-state index in [0.29, 0.717) is 33.5 Å². The van der Waals surface area contributed by atoms with E-state index in [9.17, 15) is 4.79 Å². The third-order valence-corrected chi connectivity index (χ3v) is 3.75. The molecular formula is C14H16N2O4S. The number of amides is 1. The Hall–Kier alpha value is -2.41. The predicted octanol–water partition coefficient (Wildman–Crippen LogP) is 2.61. The summed E-state index contributed by atoms with van der Waals surface area (Å²) in [5.41, 5.74) is 6.76. The highest BCUT2D eigenvalue weighted by Gasteiger charge is 2.14. The van der Waals surface area contributed by atoms with E-state index >= 15 is 0 Å². The third kappa shape index (κ3) is 3.19. The van der Waals surface area contributed by atoms with Crippen LogP contribution in [0.4, 0.5) is 11.4 Å². The molecular weight excluding hydrogens is 292 g/mol. The summed E-state index contributed by atoms with van der Waals surface area (Å²) in [5, 5.41) is 4.50. The van der Waals surface area contributed by atoms with Crippen LogP contribution in [-0.2, 0) is 0 Å². The van der Waals surface area contributed by atoms with Crippen LogP contribution in [0.25, 0.3) is 0 Å². The lowest BCUT2D eigenvalue weighted by Gasteiger charge is -2.13. The number of carbonyl (C=O) groups is 1. The van der Waals surface area contributed by atoms with E-state index in [2.05, 4.69) is 5.32 Å². The number of carbonyl (C=O) groups excluding carboxylic acids is 1. The van der Waals surface area contributed by atoms with Crippen molar-refractivity contribution in [2.75, 3.05) is 32.4 Å². The molecule has 0 fully saturated rings. The first-order valence-corrected chi connectivity index (χ1v) is 6.92. The van der Waals surface area contributed by atoms with Gasteiger partial charge in [-0.3, -0.25) is 4.79 Å². The Labute approximate surface area is 126 Å². The predicted molar refractivity (Wildman–Crippen MR) is 82.8 cm³/mol. The Morgan fingerprint density at radius 3 is 2.33 bits per heavy atom. The molecule has 2 aromatic rings. The van der Waals surface area contributed by atoms with E-state index in [1.807, 2.05) is 0 Å². The molecule has 21 heavy (non-hydrogen) atoms. The number of anilines is 2. The fourth-order valence-corrected chi connectivity index (χ4v) is 2.48. The Balaban J connectivity index is 2.24. The molecule has 0 saturated carbocycles. The van der Waals surface area contributed by atoms with Crippen LogP contribution in [0.5, 0.6) is 17.2 Å². The van der Waals surface area contributed by atoms with Crippen molar-refractivity contribution in [3.8, 4) is 17.2 Å². The molecule has 0 radical (unpaired) electrons. The lowest BCUT2D eigenvalue weighted by molar-refractivity contribution is 0.103. The number of nitrogen functional groups attached to an aromatic ring is 1. The third-order valence-electron chi connectivity index (χ3n) is 2.84. The maximum atomic E-state index is 12.2. The Kier molecular flexibility index (Phi) is 4.54. The fraction of sp³-hybridized carbons (Fsp3) is 0.214. The van der Waals surface area contributed by atoms with Crippen LogP contribution in [0.2, 0.25) is 0 Å². The van der Waals surface area contributed by atoms with Gasteiger partial charge >= 0.3 is 0 Å². The van der Waals surface area contributed by atoms with Gasteiger partial charge in [0.1, 0.15) is 5.75 Å². The second-order valence-electron chi connectivity index (χ2n) is 4.10. The van der Waals surface area contributed by atoms with Gasteiger partial charge in [0.2, 0.25) is 0 Å². The van der Waals surface area contributed by atoms with Gasteiger partial charge in [-0.15, -0.1) is 11.3 Å². The summed E-state index contributed by atoms with van der Waals surface area (Å²) in [7, 11) is 4.59. The van der Waals surface area contributed by atoms with Crippen LogP contribution in [0, 0.1) is 0 Å². The van der Waals surface area contributed by atoms with Gasteiger partial charge in [0.15, 0.2) is 11.5 Å². The van der Waals surface area contributed by atoms with Gasteiger partial charge in [-0.1, -0.05) is 0 Å². The summed E-state index contributed by atoms with van der Waals surface area (Å²) < 4.78 is 15.4. The molecule has 1 aromatic carbocycles. The number of nitrogens with one attached hydrogen (secondary N) is 1. The summed E-state index contributed by atoms with van der Waals surface area (Å²) in [6.45, 7) is 0. The Morgan fingerprint density at radius 1 is 1.10 bits per heavy atom. The average molecular weight is 308 g/mol. The standard InChI is InChI=1S/C14H16N2O4S/c1-18-8-4-13(21-7-8)14(17)16-10-6-12(20-3)11(19-2)5-9(10)15/h4-7H,15H2,1-3H3,(H,16,17). The summed E-state index contributed by atoms with van der Waals surface area (Å²) in [5.74, 6) is 1.38. The van der Waals surface area contributed by atoms with E-state index in [4.69, 9.17) is 19.9 Å². The number of ether oxygens (including phenoxy) is 3. The molecule has 0 spiro atoms. The molecule has 1 heterocycles. The fourth-order valence-electron chi connectivity index (χ4n) is 1.73. The lowest BCUT2D eigenvalue weighted by atomic mass is 10.2. The zero-order valence-electron chi connectivity index (χ0n) is 11.9. The molecule has 0 aliphatic heterocycles. The van der Waals surface area contributed by atoms with Crippen LogP contribution in [0.1, 0.15) is 9.67 Å². The van der Waals surface area contributed by atoms with E-state index < -0.39 is 0 Å². The van der Waals surface area contributed by atoms with Crippen LogP contribution in [0.15, 0.2) is 23.6 Å². The summed E-state index contributed by atoms with van der Waals surface area (Å²) in [6.07, 6.45) is 0. The Morgan fingerprint density at radius 2 is 1.76 bits per heavy atom. The van der Waals surface area contributed by atoms with Gasteiger partial charge in [0.05, 0.1) is 37.6 Å². The van der Waals surface area contributed by atoms with Gasteiger partial charge in [0, 0.05) is 23.6 Å². The molecule has 1 aromatic heterocycles. The maximum absolute atomic E-state index is 12.2. The lowest BCUT2D eigenvalue weighted by Crippen LogP contribution is -2.12. The number of methoxy groups -OCH3 is 3. The molecule has 0 saturated heterocycles. The van der Waals surface area contributed by atoms with Gasteiger partial charge in [-0.2, -0.15) is 0 Å². The van der Waals surface area contributed by atoms with Crippen LogP contribution >= 0.6 is 11.3 Å². The van der Waals surface area contributed by atoms with Crippen molar-refractivity contribution >= 4 is 28.6 Å². The van der Waals surface area contributed by atoms with Gasteiger partial charge in [-0.05, 0) is 0 Å². The molecule has 112 valence electrons. The minimum absolute atomic E-state index is 0.262. The van der Waals surface area contributed by atoms with Crippen LogP contribution in [0.3, 0.4) is 0 Å². The summed E-state index contributed by atoms with van der Waals surface area (Å²) in [4.78, 5) is 12.7. The highest BCUT2D eigenvalue weighted by atomic mass is 32.1. The molecule has 2 rings (SSSR count). The molecule has 0 aliphatic carbocycles. The van der Waals surface area contributed by atoms with E-state index in [1.54, 1.807) is 30.7 Å². The monoisotopic (exact) mass is 308 g/mol. The van der Waals surface area contributed by atoms with Crippen molar-refractivity contribution in [1.82, 2.24) is 0 Å². The van der Waals surface area contributed by atoms with Crippen LogP contribution < -0.4 is 25.3 Å². The normalized spacial score (nSPS) is 10.0. The SMILES string of the molecule is COc1csc(C(=O)Nc2cc(OC)c(OC)cc2N)c1. The highest BCUT2D eigenvalue weighted by Crippen LogP contribution is 2.35. The molecule has 3 N–H and O–H groups in total. The van der Waals surface area contributed by atoms with Crippen molar-refractivity contribution in [3.05, 3.63) is 28.5 Å². The molecule has 0 atom stereocenters. The van der Waals surface area contributed by atoms with Crippen molar-refractivity contribution in [2.45, 2.75) is 0 Å². The molecule has 6 nitrogen and oxygen atoms in total. The highest BCUT2D eigenvalue weighted by molar-refractivity contribution is 7.12. The van der Waals surface area contributed by atoms with Crippen molar-refractivity contribution < 1.29 is 19.0 Å². The quantitative estimate of drug-likeness (QED) is 0.830. The second-order valence-corrected chi connectivity index (χ2v) is 5.01. The maximum Gasteiger partial charge on any atom is 0.265 e. The van der Waals surface area contributed by atoms with Crippen molar-refractivity contribution in [1.29, 1.82) is 0 Å². The summed E-state index contributed by atoms with van der Waals surface area (Å²) >= 11 is 1.29. The van der Waals surface area contributed by atoms with Gasteiger partial charge in [-0.25, -0.2) is 0 Å². The van der Waals surface area contributed by atoms with E-state index in [1.165, 1.54) is 25.6 Å². The number of nitrogens with two attached hydrogens (primary N) is 1. The number of benzene rings is 1. The number of thiophene rings is 1. The first-order valence-electron chi connectivity index (χ1n) is 6.04. The molecule has 0 unspecified atom stereocenters.